The molecule has 4 heteroatoms. The highest BCUT2D eigenvalue weighted by atomic mass is 16.5. The maximum atomic E-state index is 5.33. The molecule has 1 saturated carbocycles. The quantitative estimate of drug-likeness (QED) is 0.703. The van der Waals surface area contributed by atoms with Crippen molar-refractivity contribution in [3.05, 3.63) is 23.3 Å². The van der Waals surface area contributed by atoms with Crippen molar-refractivity contribution in [2.24, 2.45) is 0 Å². The summed E-state index contributed by atoms with van der Waals surface area (Å²) in [6.07, 6.45) is 2.68. The normalized spacial score (nSPS) is 14.5. The van der Waals surface area contributed by atoms with Crippen LogP contribution in [0.25, 0.3) is 0 Å². The van der Waals surface area contributed by atoms with Gasteiger partial charge in [0.15, 0.2) is 11.5 Å². The molecule has 1 aromatic carbocycles. The predicted octanol–water partition coefficient (Wildman–Crippen LogP) is 1.85. The number of hydrogen-bond acceptors (Lipinski definition) is 4. The second-order valence-corrected chi connectivity index (χ2v) is 5.04. The summed E-state index contributed by atoms with van der Waals surface area (Å²) in [7, 11) is 3.34. The average Bonchev–Trinajstić information content (AvgIpc) is 3.23. The summed E-state index contributed by atoms with van der Waals surface area (Å²) in [5.41, 5.74) is 2.48. The first-order chi connectivity index (χ1) is 9.24. The van der Waals surface area contributed by atoms with Crippen LogP contribution in [0.2, 0.25) is 0 Å². The molecule has 0 heterocycles. The van der Waals surface area contributed by atoms with Gasteiger partial charge in [-0.25, -0.2) is 0 Å². The van der Waals surface area contributed by atoms with E-state index in [-0.39, 0.29) is 0 Å². The molecule has 19 heavy (non-hydrogen) atoms. The van der Waals surface area contributed by atoms with Gasteiger partial charge in [-0.15, -0.1) is 0 Å². The van der Waals surface area contributed by atoms with Crippen molar-refractivity contribution in [2.75, 3.05) is 27.3 Å². The Morgan fingerprint density at radius 3 is 2.42 bits per heavy atom. The van der Waals surface area contributed by atoms with Gasteiger partial charge in [0.2, 0.25) is 0 Å². The van der Waals surface area contributed by atoms with Crippen molar-refractivity contribution in [2.45, 2.75) is 32.4 Å². The van der Waals surface area contributed by atoms with Gasteiger partial charge in [-0.3, -0.25) is 0 Å². The predicted molar refractivity (Wildman–Crippen MR) is 77.0 cm³/mol. The molecule has 2 rings (SSSR count). The standard InChI is InChI=1S/C15H24N2O2/c1-11-8-14(18-2)15(19-3)9-12(11)10-16-6-7-17-13-4-5-13/h8-9,13,16-17H,4-7,10H2,1-3H3. The van der Waals surface area contributed by atoms with Crippen molar-refractivity contribution in [1.82, 2.24) is 10.6 Å². The van der Waals surface area contributed by atoms with Gasteiger partial charge >= 0.3 is 0 Å². The van der Waals surface area contributed by atoms with E-state index < -0.39 is 0 Å². The van der Waals surface area contributed by atoms with E-state index >= 15 is 0 Å². The number of benzene rings is 1. The van der Waals surface area contributed by atoms with Gasteiger partial charge in [0.1, 0.15) is 0 Å². The molecule has 0 unspecified atom stereocenters. The van der Waals surface area contributed by atoms with Crippen LogP contribution in [0.1, 0.15) is 24.0 Å². The van der Waals surface area contributed by atoms with Crippen LogP contribution in [-0.4, -0.2) is 33.4 Å². The minimum atomic E-state index is 0.782. The van der Waals surface area contributed by atoms with E-state index in [0.29, 0.717) is 0 Å². The van der Waals surface area contributed by atoms with E-state index in [2.05, 4.69) is 23.6 Å². The van der Waals surface area contributed by atoms with E-state index in [9.17, 15) is 0 Å². The summed E-state index contributed by atoms with van der Waals surface area (Å²) >= 11 is 0. The molecule has 0 bridgehead atoms. The maximum absolute atomic E-state index is 5.33. The summed E-state index contributed by atoms with van der Waals surface area (Å²) in [5.74, 6) is 1.58. The Hall–Kier alpha value is -1.26. The molecule has 1 aromatic rings. The SMILES string of the molecule is COc1cc(C)c(CNCCNC2CC2)cc1OC. The molecular weight excluding hydrogens is 240 g/mol. The zero-order valence-corrected chi connectivity index (χ0v) is 12.1. The molecule has 0 aliphatic heterocycles. The van der Waals surface area contributed by atoms with E-state index in [4.69, 9.17) is 9.47 Å². The van der Waals surface area contributed by atoms with E-state index in [1.54, 1.807) is 14.2 Å². The summed E-state index contributed by atoms with van der Waals surface area (Å²) in [6, 6.07) is 4.86. The highest BCUT2D eigenvalue weighted by Crippen LogP contribution is 2.30. The fraction of sp³-hybridized carbons (Fsp3) is 0.600. The number of methoxy groups -OCH3 is 2. The molecule has 0 aromatic heterocycles. The van der Waals surface area contributed by atoms with Crippen LogP contribution >= 0.6 is 0 Å². The highest BCUT2D eigenvalue weighted by Gasteiger charge is 2.19. The highest BCUT2D eigenvalue weighted by molar-refractivity contribution is 5.46. The van der Waals surface area contributed by atoms with Crippen LogP contribution in [-0.2, 0) is 6.54 Å². The van der Waals surface area contributed by atoms with Crippen LogP contribution in [0.4, 0.5) is 0 Å². The first-order valence-electron chi connectivity index (χ1n) is 6.90. The van der Waals surface area contributed by atoms with Gasteiger partial charge in [-0.1, -0.05) is 0 Å². The second-order valence-electron chi connectivity index (χ2n) is 5.04. The third-order valence-corrected chi connectivity index (χ3v) is 3.47. The van der Waals surface area contributed by atoms with Gasteiger partial charge < -0.3 is 20.1 Å². The fourth-order valence-electron chi connectivity index (χ4n) is 2.09. The Bertz CT molecular complexity index is 417. The molecule has 2 N–H and O–H groups in total. The van der Waals surface area contributed by atoms with Crippen LogP contribution in [0.3, 0.4) is 0 Å². The Labute approximate surface area is 115 Å². The Balaban J connectivity index is 1.84. The van der Waals surface area contributed by atoms with Crippen LogP contribution in [0.15, 0.2) is 12.1 Å². The lowest BCUT2D eigenvalue weighted by Gasteiger charge is -2.13. The molecule has 0 saturated heterocycles. The second kappa shape index (κ2) is 6.78. The molecular formula is C15H24N2O2. The van der Waals surface area contributed by atoms with Crippen molar-refractivity contribution < 1.29 is 9.47 Å². The lowest BCUT2D eigenvalue weighted by atomic mass is 10.1. The van der Waals surface area contributed by atoms with Gasteiger partial charge in [0, 0.05) is 25.7 Å². The van der Waals surface area contributed by atoms with E-state index in [1.165, 1.54) is 24.0 Å². The van der Waals surface area contributed by atoms with Gasteiger partial charge in [-0.2, -0.15) is 0 Å². The van der Waals surface area contributed by atoms with E-state index in [1.807, 2.05) is 6.07 Å². The molecule has 1 aliphatic carbocycles. The largest absolute Gasteiger partial charge is 0.493 e. The summed E-state index contributed by atoms with van der Waals surface area (Å²) in [6.45, 7) is 4.99. The Kier molecular flexibility index (Phi) is 5.05. The monoisotopic (exact) mass is 264 g/mol. The molecule has 4 nitrogen and oxygen atoms in total. The first-order valence-corrected chi connectivity index (χ1v) is 6.90. The molecule has 0 radical (unpaired) electrons. The van der Waals surface area contributed by atoms with Gasteiger partial charge in [-0.05, 0) is 43.0 Å². The van der Waals surface area contributed by atoms with Crippen molar-refractivity contribution >= 4 is 0 Å². The Morgan fingerprint density at radius 2 is 1.79 bits per heavy atom. The molecule has 1 fully saturated rings. The molecule has 0 amide bonds. The van der Waals surface area contributed by atoms with Gasteiger partial charge in [0.05, 0.1) is 14.2 Å². The molecule has 0 spiro atoms. The summed E-state index contributed by atoms with van der Waals surface area (Å²) < 4.78 is 10.6. The Morgan fingerprint density at radius 1 is 1.11 bits per heavy atom. The number of ether oxygens (including phenoxy) is 2. The number of hydrogen-bond donors (Lipinski definition) is 2. The number of aryl methyl sites for hydroxylation is 1. The summed E-state index contributed by atoms with van der Waals surface area (Å²) in [5, 5.41) is 6.95. The van der Waals surface area contributed by atoms with Crippen LogP contribution in [0, 0.1) is 6.92 Å². The third kappa shape index (κ3) is 4.11. The minimum Gasteiger partial charge on any atom is -0.493 e. The lowest BCUT2D eigenvalue weighted by molar-refractivity contribution is 0.354. The van der Waals surface area contributed by atoms with Crippen LogP contribution in [0.5, 0.6) is 11.5 Å². The lowest BCUT2D eigenvalue weighted by Crippen LogP contribution is -2.28. The van der Waals surface area contributed by atoms with Crippen molar-refractivity contribution in [3.8, 4) is 11.5 Å². The molecule has 1 aliphatic rings. The van der Waals surface area contributed by atoms with E-state index in [0.717, 1.165) is 37.2 Å². The average molecular weight is 264 g/mol. The van der Waals surface area contributed by atoms with Crippen molar-refractivity contribution in [3.63, 3.8) is 0 Å². The third-order valence-electron chi connectivity index (χ3n) is 3.47. The van der Waals surface area contributed by atoms with Crippen molar-refractivity contribution in [1.29, 1.82) is 0 Å². The number of rotatable bonds is 8. The zero-order chi connectivity index (χ0) is 13.7. The maximum Gasteiger partial charge on any atom is 0.161 e. The topological polar surface area (TPSA) is 42.5 Å². The number of nitrogens with one attached hydrogen (secondary N) is 2. The molecule has 0 atom stereocenters. The summed E-state index contributed by atoms with van der Waals surface area (Å²) in [4.78, 5) is 0. The first kappa shape index (κ1) is 14.2. The van der Waals surface area contributed by atoms with Crippen LogP contribution < -0.4 is 20.1 Å². The zero-order valence-electron chi connectivity index (χ0n) is 12.1. The smallest absolute Gasteiger partial charge is 0.161 e. The fourth-order valence-corrected chi connectivity index (χ4v) is 2.09. The minimum absolute atomic E-state index is 0.782. The van der Waals surface area contributed by atoms with Gasteiger partial charge in [0.25, 0.3) is 0 Å². The molecule has 106 valence electrons.